The van der Waals surface area contributed by atoms with Gasteiger partial charge in [-0.25, -0.2) is 8.42 Å². The van der Waals surface area contributed by atoms with Crippen molar-refractivity contribution in [3.8, 4) is 0 Å². The van der Waals surface area contributed by atoms with Gasteiger partial charge in [-0.2, -0.15) is 4.31 Å². The molecular formula is C14H21ClN2O2S2. The molecular weight excluding hydrogens is 328 g/mol. The summed E-state index contributed by atoms with van der Waals surface area (Å²) in [6, 6.07) is 7.39. The van der Waals surface area contributed by atoms with Crippen LogP contribution in [0.25, 0.3) is 0 Å². The highest BCUT2D eigenvalue weighted by atomic mass is 35.5. The molecule has 0 amide bonds. The first kappa shape index (κ1) is 17.1. The Labute approximate surface area is 136 Å². The molecule has 0 spiro atoms. The Hall–Kier alpha value is -0.270. The number of sulfonamides is 1. The molecule has 2 fully saturated rings. The van der Waals surface area contributed by atoms with E-state index in [9.17, 15) is 8.42 Å². The summed E-state index contributed by atoms with van der Waals surface area (Å²) in [5.41, 5.74) is 6.09. The third-order valence-corrected chi connectivity index (χ3v) is 7.38. The normalized spacial score (nSPS) is 29.1. The SMILES string of the molecule is CSc1ccccc1S(=O)(=O)N1CC2CCC(N)C2C1.Cl. The monoisotopic (exact) mass is 348 g/mol. The van der Waals surface area contributed by atoms with E-state index in [0.29, 0.717) is 29.8 Å². The molecule has 1 aromatic carbocycles. The second kappa shape index (κ2) is 6.46. The van der Waals surface area contributed by atoms with E-state index in [1.165, 1.54) is 11.8 Å². The first-order valence-corrected chi connectivity index (χ1v) is 9.59. The van der Waals surface area contributed by atoms with Gasteiger partial charge in [-0.3, -0.25) is 0 Å². The fraction of sp³-hybridized carbons (Fsp3) is 0.571. The molecule has 0 bridgehead atoms. The van der Waals surface area contributed by atoms with E-state index in [-0.39, 0.29) is 18.4 Å². The minimum absolute atomic E-state index is 0. The van der Waals surface area contributed by atoms with Crippen molar-refractivity contribution in [3.63, 3.8) is 0 Å². The molecule has 3 unspecified atom stereocenters. The molecule has 2 aliphatic rings. The summed E-state index contributed by atoms with van der Waals surface area (Å²) in [5, 5.41) is 0. The molecule has 1 heterocycles. The predicted octanol–water partition coefficient (Wildman–Crippen LogP) is 2.19. The summed E-state index contributed by atoms with van der Waals surface area (Å²) in [6.07, 6.45) is 4.00. The average molecular weight is 349 g/mol. The highest BCUT2D eigenvalue weighted by Crippen LogP contribution is 2.40. The first-order valence-electron chi connectivity index (χ1n) is 6.93. The van der Waals surface area contributed by atoms with Gasteiger partial charge in [0.25, 0.3) is 0 Å². The lowest BCUT2D eigenvalue weighted by Crippen LogP contribution is -2.33. The van der Waals surface area contributed by atoms with Crippen molar-refractivity contribution in [2.75, 3.05) is 19.3 Å². The Morgan fingerprint density at radius 1 is 1.24 bits per heavy atom. The van der Waals surface area contributed by atoms with E-state index in [4.69, 9.17) is 5.73 Å². The molecule has 1 aliphatic heterocycles. The molecule has 3 rings (SSSR count). The molecule has 0 radical (unpaired) electrons. The summed E-state index contributed by atoms with van der Waals surface area (Å²) in [6.45, 7) is 1.21. The zero-order chi connectivity index (χ0) is 14.3. The molecule has 21 heavy (non-hydrogen) atoms. The maximum atomic E-state index is 12.8. The van der Waals surface area contributed by atoms with Crippen LogP contribution in [0.2, 0.25) is 0 Å². The number of fused-ring (bicyclic) bond motifs is 1. The number of halogens is 1. The summed E-state index contributed by atoms with van der Waals surface area (Å²) in [5.74, 6) is 0.785. The van der Waals surface area contributed by atoms with Crippen LogP contribution in [0.4, 0.5) is 0 Å². The van der Waals surface area contributed by atoms with Crippen molar-refractivity contribution in [3.05, 3.63) is 24.3 Å². The number of rotatable bonds is 3. The smallest absolute Gasteiger partial charge is 0.244 e. The zero-order valence-corrected chi connectivity index (χ0v) is 14.4. The number of benzene rings is 1. The lowest BCUT2D eigenvalue weighted by Gasteiger charge is -2.20. The van der Waals surface area contributed by atoms with Crippen molar-refractivity contribution >= 4 is 34.2 Å². The zero-order valence-electron chi connectivity index (χ0n) is 11.9. The van der Waals surface area contributed by atoms with E-state index >= 15 is 0 Å². The molecule has 3 atom stereocenters. The quantitative estimate of drug-likeness (QED) is 0.850. The number of thioether (sulfide) groups is 1. The molecule has 0 aromatic heterocycles. The van der Waals surface area contributed by atoms with Crippen molar-refractivity contribution in [2.45, 2.75) is 28.7 Å². The Morgan fingerprint density at radius 3 is 2.62 bits per heavy atom. The van der Waals surface area contributed by atoms with Crippen LogP contribution < -0.4 is 5.73 Å². The first-order chi connectivity index (χ1) is 9.54. The van der Waals surface area contributed by atoms with Gasteiger partial charge < -0.3 is 5.73 Å². The summed E-state index contributed by atoms with van der Waals surface area (Å²) >= 11 is 1.47. The predicted molar refractivity (Wildman–Crippen MR) is 88.4 cm³/mol. The van der Waals surface area contributed by atoms with E-state index in [2.05, 4.69) is 0 Å². The number of nitrogens with two attached hydrogens (primary N) is 1. The van der Waals surface area contributed by atoms with Crippen LogP contribution in [0.5, 0.6) is 0 Å². The standard InChI is InChI=1S/C14H20N2O2S2.ClH/c1-19-13-4-2-3-5-14(13)20(17,18)16-8-10-6-7-12(15)11(10)9-16;/h2-5,10-12H,6-9,15H2,1H3;1H. The van der Waals surface area contributed by atoms with E-state index in [0.717, 1.165) is 17.7 Å². The van der Waals surface area contributed by atoms with E-state index in [1.54, 1.807) is 16.4 Å². The number of nitrogens with zero attached hydrogens (tertiary/aromatic N) is 1. The van der Waals surface area contributed by atoms with Crippen molar-refractivity contribution in [1.29, 1.82) is 0 Å². The van der Waals surface area contributed by atoms with Crippen LogP contribution in [-0.4, -0.2) is 38.1 Å². The molecule has 118 valence electrons. The third-order valence-electron chi connectivity index (χ3n) is 4.57. The summed E-state index contributed by atoms with van der Waals surface area (Å²) in [4.78, 5) is 1.25. The van der Waals surface area contributed by atoms with Crippen molar-refractivity contribution < 1.29 is 8.42 Å². The van der Waals surface area contributed by atoms with Crippen LogP contribution >= 0.6 is 24.2 Å². The van der Waals surface area contributed by atoms with Gasteiger partial charge in [0.2, 0.25) is 10.0 Å². The van der Waals surface area contributed by atoms with Crippen LogP contribution in [0.1, 0.15) is 12.8 Å². The fourth-order valence-corrected chi connectivity index (χ4v) is 6.09. The maximum Gasteiger partial charge on any atom is 0.244 e. The number of hydrogen-bond donors (Lipinski definition) is 1. The Balaban J connectivity index is 0.00000161. The molecule has 4 nitrogen and oxygen atoms in total. The molecule has 1 aromatic rings. The molecule has 1 saturated carbocycles. The topological polar surface area (TPSA) is 63.4 Å². The van der Waals surface area contributed by atoms with Gasteiger partial charge in [-0.15, -0.1) is 24.2 Å². The second-order valence-corrected chi connectivity index (χ2v) is 8.39. The Bertz CT molecular complexity index is 609. The van der Waals surface area contributed by atoms with Gasteiger partial charge in [-0.05, 0) is 43.1 Å². The molecule has 1 saturated heterocycles. The molecule has 7 heteroatoms. The maximum absolute atomic E-state index is 12.8. The highest BCUT2D eigenvalue weighted by Gasteiger charge is 2.45. The van der Waals surface area contributed by atoms with Gasteiger partial charge >= 0.3 is 0 Å². The lowest BCUT2D eigenvalue weighted by atomic mass is 9.98. The third kappa shape index (κ3) is 2.97. The fourth-order valence-electron chi connectivity index (χ4n) is 3.43. The van der Waals surface area contributed by atoms with Gasteiger partial charge in [-0.1, -0.05) is 12.1 Å². The minimum atomic E-state index is -3.39. The largest absolute Gasteiger partial charge is 0.327 e. The molecule has 1 aliphatic carbocycles. The average Bonchev–Trinajstić information content (AvgIpc) is 3.02. The van der Waals surface area contributed by atoms with Gasteiger partial charge in [0.05, 0.1) is 4.90 Å². The summed E-state index contributed by atoms with van der Waals surface area (Å²) in [7, 11) is -3.39. The van der Waals surface area contributed by atoms with Gasteiger partial charge in [0.15, 0.2) is 0 Å². The van der Waals surface area contributed by atoms with Gasteiger partial charge in [0.1, 0.15) is 0 Å². The van der Waals surface area contributed by atoms with Crippen LogP contribution in [0.3, 0.4) is 0 Å². The van der Waals surface area contributed by atoms with Crippen LogP contribution in [-0.2, 0) is 10.0 Å². The van der Waals surface area contributed by atoms with Gasteiger partial charge in [0, 0.05) is 24.0 Å². The van der Waals surface area contributed by atoms with Crippen molar-refractivity contribution in [2.24, 2.45) is 17.6 Å². The van der Waals surface area contributed by atoms with E-state index in [1.807, 2.05) is 18.4 Å². The van der Waals surface area contributed by atoms with Crippen LogP contribution in [0.15, 0.2) is 34.1 Å². The van der Waals surface area contributed by atoms with Crippen molar-refractivity contribution in [1.82, 2.24) is 4.31 Å². The minimum Gasteiger partial charge on any atom is -0.327 e. The Morgan fingerprint density at radius 2 is 1.95 bits per heavy atom. The second-order valence-electron chi connectivity index (χ2n) is 5.64. The highest BCUT2D eigenvalue weighted by molar-refractivity contribution is 7.99. The Kier molecular flexibility index (Phi) is 5.26. The van der Waals surface area contributed by atoms with E-state index < -0.39 is 10.0 Å². The molecule has 2 N–H and O–H groups in total. The lowest BCUT2D eigenvalue weighted by molar-refractivity contribution is 0.426. The van der Waals surface area contributed by atoms with Crippen LogP contribution in [0, 0.1) is 11.8 Å². The summed E-state index contributed by atoms with van der Waals surface area (Å²) < 4.78 is 27.3. The number of hydrogen-bond acceptors (Lipinski definition) is 4.